The van der Waals surface area contributed by atoms with Gasteiger partial charge in [-0.2, -0.15) is 5.10 Å². The Balaban J connectivity index is 2.33. The molecular formula is C14H13N5O6. The fourth-order valence-corrected chi connectivity index (χ4v) is 1.94. The molecule has 130 valence electrons. The Morgan fingerprint density at radius 2 is 1.80 bits per heavy atom. The van der Waals surface area contributed by atoms with Gasteiger partial charge in [0.25, 0.3) is 0 Å². The van der Waals surface area contributed by atoms with Gasteiger partial charge in [-0.15, -0.1) is 0 Å². The van der Waals surface area contributed by atoms with Crippen molar-refractivity contribution >= 4 is 23.4 Å². The van der Waals surface area contributed by atoms with Gasteiger partial charge in [0.1, 0.15) is 5.75 Å². The third-order valence-electron chi connectivity index (χ3n) is 3.09. The number of hydrogen-bond donors (Lipinski definition) is 1. The highest BCUT2D eigenvalue weighted by Crippen LogP contribution is 2.33. The van der Waals surface area contributed by atoms with Crippen LogP contribution in [0.15, 0.2) is 35.6 Å². The number of nitro groups is 2. The van der Waals surface area contributed by atoms with Crippen molar-refractivity contribution in [2.24, 2.45) is 5.10 Å². The van der Waals surface area contributed by atoms with E-state index in [0.29, 0.717) is 0 Å². The number of methoxy groups -OCH3 is 2. The van der Waals surface area contributed by atoms with Crippen molar-refractivity contribution in [1.82, 2.24) is 4.98 Å². The Morgan fingerprint density at radius 1 is 1.12 bits per heavy atom. The Labute approximate surface area is 141 Å². The lowest BCUT2D eigenvalue weighted by atomic mass is 10.1. The molecule has 2 aromatic rings. The van der Waals surface area contributed by atoms with Gasteiger partial charge in [0, 0.05) is 30.0 Å². The highest BCUT2D eigenvalue weighted by atomic mass is 16.6. The lowest BCUT2D eigenvalue weighted by Crippen LogP contribution is -2.01. The van der Waals surface area contributed by atoms with Gasteiger partial charge in [0.05, 0.1) is 30.3 Å². The normalized spacial score (nSPS) is 10.5. The van der Waals surface area contributed by atoms with Crippen molar-refractivity contribution in [3.8, 4) is 11.5 Å². The van der Waals surface area contributed by atoms with E-state index in [1.54, 1.807) is 0 Å². The van der Waals surface area contributed by atoms with E-state index in [4.69, 9.17) is 9.47 Å². The molecule has 1 aromatic carbocycles. The zero-order chi connectivity index (χ0) is 18.4. The summed E-state index contributed by atoms with van der Waals surface area (Å²) in [6, 6.07) is 5.25. The monoisotopic (exact) mass is 347 g/mol. The first-order valence-corrected chi connectivity index (χ1v) is 6.76. The number of anilines is 1. The number of hydrogen-bond acceptors (Lipinski definition) is 9. The Morgan fingerprint density at radius 3 is 2.40 bits per heavy atom. The fourth-order valence-electron chi connectivity index (χ4n) is 1.94. The van der Waals surface area contributed by atoms with Gasteiger partial charge in [-0.1, -0.05) is 0 Å². The molecule has 11 nitrogen and oxygen atoms in total. The highest BCUT2D eigenvalue weighted by Gasteiger charge is 2.19. The van der Waals surface area contributed by atoms with Gasteiger partial charge in [-0.25, -0.2) is 4.98 Å². The predicted octanol–water partition coefficient (Wildman–Crippen LogP) is 2.36. The molecule has 0 bridgehead atoms. The summed E-state index contributed by atoms with van der Waals surface area (Å²) >= 11 is 0. The summed E-state index contributed by atoms with van der Waals surface area (Å²) in [6.07, 6.45) is 2.59. The van der Waals surface area contributed by atoms with E-state index in [0.717, 1.165) is 0 Å². The minimum atomic E-state index is -0.607. The lowest BCUT2D eigenvalue weighted by molar-refractivity contribution is -0.385. The minimum absolute atomic E-state index is 0.0346. The summed E-state index contributed by atoms with van der Waals surface area (Å²) < 4.78 is 10.1. The number of benzene rings is 1. The first kappa shape index (κ1) is 17.6. The largest absolute Gasteiger partial charge is 0.496 e. The third-order valence-corrected chi connectivity index (χ3v) is 3.09. The van der Waals surface area contributed by atoms with Crippen LogP contribution in [0.5, 0.6) is 11.5 Å². The van der Waals surface area contributed by atoms with Crippen molar-refractivity contribution in [3.05, 3.63) is 56.3 Å². The van der Waals surface area contributed by atoms with E-state index < -0.39 is 9.85 Å². The summed E-state index contributed by atoms with van der Waals surface area (Å²) in [6.45, 7) is 0. The quantitative estimate of drug-likeness (QED) is 0.457. The van der Waals surface area contributed by atoms with Gasteiger partial charge in [0.2, 0.25) is 11.6 Å². The number of nitrogens with zero attached hydrogens (tertiary/aromatic N) is 4. The predicted molar refractivity (Wildman–Crippen MR) is 88.3 cm³/mol. The molecule has 0 atom stereocenters. The Bertz CT molecular complexity index is 838. The number of hydrazone groups is 1. The standard InChI is InChI=1S/C14H13N5O6/c1-24-12-7-13(25-2)11(19(22)23)6-9(12)8-16-17-14-10(18(20)21)4-3-5-15-14/h3-8H,1-2H3,(H,15,17)/b16-8-. The van der Waals surface area contributed by atoms with E-state index in [-0.39, 0.29) is 34.3 Å². The number of pyridine rings is 1. The smallest absolute Gasteiger partial charge is 0.313 e. The maximum atomic E-state index is 11.1. The molecule has 0 amide bonds. The Hall–Kier alpha value is -3.76. The zero-order valence-corrected chi connectivity index (χ0v) is 13.2. The number of nitro benzene ring substituents is 1. The first-order valence-electron chi connectivity index (χ1n) is 6.76. The number of ether oxygens (including phenoxy) is 2. The molecule has 1 heterocycles. The fraction of sp³-hybridized carbons (Fsp3) is 0.143. The van der Waals surface area contributed by atoms with Crippen molar-refractivity contribution in [2.75, 3.05) is 19.6 Å². The molecule has 1 N–H and O–H groups in total. The van der Waals surface area contributed by atoms with Crippen molar-refractivity contribution in [2.45, 2.75) is 0 Å². The van der Waals surface area contributed by atoms with Crippen LogP contribution in [0.1, 0.15) is 5.56 Å². The molecule has 11 heteroatoms. The van der Waals surface area contributed by atoms with Crippen LogP contribution in [0.4, 0.5) is 17.2 Å². The molecule has 0 radical (unpaired) electrons. The van der Waals surface area contributed by atoms with Gasteiger partial charge in [-0.05, 0) is 6.07 Å². The van der Waals surface area contributed by atoms with Crippen LogP contribution in [0.25, 0.3) is 0 Å². The van der Waals surface area contributed by atoms with E-state index in [9.17, 15) is 20.2 Å². The van der Waals surface area contributed by atoms with Crippen molar-refractivity contribution in [3.63, 3.8) is 0 Å². The lowest BCUT2D eigenvalue weighted by Gasteiger charge is -2.08. The molecule has 0 saturated heterocycles. The maximum absolute atomic E-state index is 11.1. The van der Waals surface area contributed by atoms with Crippen LogP contribution < -0.4 is 14.9 Å². The highest BCUT2D eigenvalue weighted by molar-refractivity contribution is 5.86. The second kappa shape index (κ2) is 7.68. The second-order valence-electron chi connectivity index (χ2n) is 4.52. The van der Waals surface area contributed by atoms with Crippen LogP contribution in [-0.4, -0.2) is 35.3 Å². The molecule has 0 saturated carbocycles. The van der Waals surface area contributed by atoms with Crippen LogP contribution in [-0.2, 0) is 0 Å². The Kier molecular flexibility index (Phi) is 5.40. The molecule has 0 aliphatic carbocycles. The van der Waals surface area contributed by atoms with Gasteiger partial charge < -0.3 is 9.47 Å². The van der Waals surface area contributed by atoms with E-state index in [2.05, 4.69) is 15.5 Å². The number of aromatic nitrogens is 1. The maximum Gasteiger partial charge on any atom is 0.313 e. The molecule has 0 aliphatic rings. The minimum Gasteiger partial charge on any atom is -0.496 e. The molecule has 1 aromatic heterocycles. The van der Waals surface area contributed by atoms with Crippen molar-refractivity contribution < 1.29 is 19.3 Å². The average Bonchev–Trinajstić information content (AvgIpc) is 2.61. The molecular weight excluding hydrogens is 334 g/mol. The number of rotatable bonds is 7. The second-order valence-corrected chi connectivity index (χ2v) is 4.52. The van der Waals surface area contributed by atoms with Crippen LogP contribution >= 0.6 is 0 Å². The zero-order valence-electron chi connectivity index (χ0n) is 13.2. The molecule has 25 heavy (non-hydrogen) atoms. The molecule has 2 rings (SSSR count). The average molecular weight is 347 g/mol. The third kappa shape index (κ3) is 3.96. The number of nitrogens with one attached hydrogen (secondary N) is 1. The molecule has 0 unspecified atom stereocenters. The summed E-state index contributed by atoms with van der Waals surface area (Å²) in [7, 11) is 2.69. The van der Waals surface area contributed by atoms with Gasteiger partial charge in [0.15, 0.2) is 0 Å². The molecule has 0 fully saturated rings. The van der Waals surface area contributed by atoms with Crippen LogP contribution in [0.3, 0.4) is 0 Å². The SMILES string of the molecule is COc1cc(OC)c([N+](=O)[O-])cc1/C=N\Nc1ncccc1[N+](=O)[O-]. The topological polar surface area (TPSA) is 142 Å². The van der Waals surface area contributed by atoms with E-state index in [1.165, 1.54) is 50.9 Å². The summed E-state index contributed by atoms with van der Waals surface area (Å²) in [5.41, 5.74) is 2.18. The summed E-state index contributed by atoms with van der Waals surface area (Å²) in [4.78, 5) is 24.6. The molecule has 0 aliphatic heterocycles. The van der Waals surface area contributed by atoms with E-state index in [1.807, 2.05) is 0 Å². The van der Waals surface area contributed by atoms with E-state index >= 15 is 0 Å². The summed E-state index contributed by atoms with van der Waals surface area (Å²) in [5.74, 6) is 0.251. The summed E-state index contributed by atoms with van der Waals surface area (Å²) in [5, 5.41) is 25.8. The molecule has 0 spiro atoms. The first-order chi connectivity index (χ1) is 12.0. The van der Waals surface area contributed by atoms with Gasteiger partial charge >= 0.3 is 11.4 Å². The van der Waals surface area contributed by atoms with Crippen LogP contribution in [0.2, 0.25) is 0 Å². The van der Waals surface area contributed by atoms with Crippen molar-refractivity contribution in [1.29, 1.82) is 0 Å². The van der Waals surface area contributed by atoms with Crippen LogP contribution in [0, 0.1) is 20.2 Å². The van der Waals surface area contributed by atoms with Gasteiger partial charge in [-0.3, -0.25) is 25.7 Å².